The van der Waals surface area contributed by atoms with Gasteiger partial charge in [0, 0.05) is 32.5 Å². The van der Waals surface area contributed by atoms with Gasteiger partial charge in [0.05, 0.1) is 25.0 Å². The fourth-order valence-corrected chi connectivity index (χ4v) is 3.47. The Morgan fingerprint density at radius 2 is 2.20 bits per heavy atom. The number of imidazole rings is 1. The molecule has 1 saturated carbocycles. The standard InChI is InChI=1S/C19H26N4O2/c1-14-2-5-17(25-14)13-22-7-6-18-20-11-16(23(18)9-8-22)12-21-19(24)10-15-3-4-15/h2,5,11,15H,3-4,6-10,12-13H2,1H3,(H,21,24). The van der Waals surface area contributed by atoms with E-state index in [0.29, 0.717) is 18.9 Å². The molecule has 1 amide bonds. The Bertz CT molecular complexity index is 744. The summed E-state index contributed by atoms with van der Waals surface area (Å²) >= 11 is 0. The Morgan fingerprint density at radius 3 is 2.96 bits per heavy atom. The van der Waals surface area contributed by atoms with Gasteiger partial charge in [-0.1, -0.05) is 0 Å². The number of hydrogen-bond acceptors (Lipinski definition) is 4. The summed E-state index contributed by atoms with van der Waals surface area (Å²) in [5.74, 6) is 3.89. The largest absolute Gasteiger partial charge is 0.465 e. The van der Waals surface area contributed by atoms with Crippen LogP contribution in [0.3, 0.4) is 0 Å². The Kier molecular flexibility index (Phi) is 4.61. The molecule has 4 rings (SSSR count). The molecule has 0 radical (unpaired) electrons. The minimum absolute atomic E-state index is 0.168. The maximum Gasteiger partial charge on any atom is 0.220 e. The summed E-state index contributed by atoms with van der Waals surface area (Å²) in [7, 11) is 0. The lowest BCUT2D eigenvalue weighted by Gasteiger charge is -2.18. The molecule has 0 unspecified atom stereocenters. The van der Waals surface area contributed by atoms with E-state index in [4.69, 9.17) is 4.42 Å². The molecule has 1 aliphatic heterocycles. The number of rotatable bonds is 6. The molecule has 1 fully saturated rings. The molecule has 0 aromatic carbocycles. The number of nitrogens with zero attached hydrogens (tertiary/aromatic N) is 3. The highest BCUT2D eigenvalue weighted by Gasteiger charge is 2.24. The predicted molar refractivity (Wildman–Crippen MR) is 93.8 cm³/mol. The summed E-state index contributed by atoms with van der Waals surface area (Å²) in [6.07, 6.45) is 5.94. The molecular formula is C19H26N4O2. The molecule has 25 heavy (non-hydrogen) atoms. The van der Waals surface area contributed by atoms with Gasteiger partial charge in [-0.25, -0.2) is 4.98 Å². The first-order chi connectivity index (χ1) is 12.2. The van der Waals surface area contributed by atoms with E-state index in [1.54, 1.807) is 0 Å². The van der Waals surface area contributed by atoms with Crippen molar-refractivity contribution >= 4 is 5.91 Å². The molecule has 6 heteroatoms. The number of furan rings is 1. The van der Waals surface area contributed by atoms with Gasteiger partial charge in [-0.2, -0.15) is 0 Å². The Balaban J connectivity index is 1.33. The van der Waals surface area contributed by atoms with Crippen LogP contribution in [0.4, 0.5) is 0 Å². The fraction of sp³-hybridized carbons (Fsp3) is 0.579. The Hall–Kier alpha value is -2.08. The molecule has 2 aromatic heterocycles. The van der Waals surface area contributed by atoms with Crippen molar-refractivity contribution in [2.24, 2.45) is 5.92 Å². The third-order valence-electron chi connectivity index (χ3n) is 5.13. The first-order valence-electron chi connectivity index (χ1n) is 9.25. The predicted octanol–water partition coefficient (Wildman–Crippen LogP) is 2.26. The molecule has 0 bridgehead atoms. The molecule has 3 heterocycles. The van der Waals surface area contributed by atoms with E-state index < -0.39 is 0 Å². The van der Waals surface area contributed by atoms with Gasteiger partial charge in [-0.15, -0.1) is 0 Å². The molecule has 1 aliphatic carbocycles. The summed E-state index contributed by atoms with van der Waals surface area (Å²) in [5, 5.41) is 3.05. The molecule has 2 aliphatic rings. The number of aryl methyl sites for hydroxylation is 1. The molecular weight excluding hydrogens is 316 g/mol. The number of nitrogens with one attached hydrogen (secondary N) is 1. The van der Waals surface area contributed by atoms with E-state index in [-0.39, 0.29) is 5.91 Å². The third kappa shape index (κ3) is 4.12. The monoisotopic (exact) mass is 342 g/mol. The van der Waals surface area contributed by atoms with Crippen molar-refractivity contribution in [1.82, 2.24) is 19.8 Å². The minimum atomic E-state index is 0.168. The maximum atomic E-state index is 11.9. The van der Waals surface area contributed by atoms with Crippen LogP contribution in [0.25, 0.3) is 0 Å². The van der Waals surface area contributed by atoms with Crippen molar-refractivity contribution in [3.63, 3.8) is 0 Å². The molecule has 1 N–H and O–H groups in total. The van der Waals surface area contributed by atoms with Gasteiger partial charge in [-0.05, 0) is 37.8 Å². The molecule has 0 atom stereocenters. The molecule has 6 nitrogen and oxygen atoms in total. The van der Waals surface area contributed by atoms with Crippen molar-refractivity contribution in [2.45, 2.75) is 52.2 Å². The van der Waals surface area contributed by atoms with E-state index in [9.17, 15) is 4.79 Å². The lowest BCUT2D eigenvalue weighted by atomic mass is 10.3. The van der Waals surface area contributed by atoms with Gasteiger partial charge in [0.1, 0.15) is 17.3 Å². The van der Waals surface area contributed by atoms with Gasteiger partial charge in [-0.3, -0.25) is 9.69 Å². The number of hydrogen-bond donors (Lipinski definition) is 1. The van der Waals surface area contributed by atoms with E-state index in [1.165, 1.54) is 12.8 Å². The van der Waals surface area contributed by atoms with Gasteiger partial charge in [0.15, 0.2) is 0 Å². The fourth-order valence-electron chi connectivity index (χ4n) is 3.47. The first kappa shape index (κ1) is 16.4. The Labute approximate surface area is 148 Å². The lowest BCUT2D eigenvalue weighted by molar-refractivity contribution is -0.121. The second-order valence-corrected chi connectivity index (χ2v) is 7.28. The average molecular weight is 342 g/mol. The summed E-state index contributed by atoms with van der Waals surface area (Å²) in [6.45, 7) is 6.24. The molecule has 2 aromatic rings. The zero-order chi connectivity index (χ0) is 17.2. The van der Waals surface area contributed by atoms with Crippen LogP contribution in [-0.4, -0.2) is 33.4 Å². The van der Waals surface area contributed by atoms with Gasteiger partial charge in [0.2, 0.25) is 5.91 Å². The molecule has 0 spiro atoms. The summed E-state index contributed by atoms with van der Waals surface area (Å²) in [4.78, 5) is 18.9. The SMILES string of the molecule is Cc1ccc(CN2CCc3ncc(CNC(=O)CC4CC4)n3CC2)o1. The van der Waals surface area contributed by atoms with Crippen LogP contribution < -0.4 is 5.32 Å². The normalized spacial score (nSPS) is 18.0. The van der Waals surface area contributed by atoms with Crippen molar-refractivity contribution in [3.05, 3.63) is 41.4 Å². The topological polar surface area (TPSA) is 63.3 Å². The number of carbonyl (C=O) groups is 1. The third-order valence-corrected chi connectivity index (χ3v) is 5.13. The average Bonchev–Trinajstić information content (AvgIpc) is 3.23. The molecule has 134 valence electrons. The van der Waals surface area contributed by atoms with Crippen LogP contribution in [0.15, 0.2) is 22.7 Å². The quantitative estimate of drug-likeness (QED) is 0.875. The van der Waals surface area contributed by atoms with E-state index in [1.807, 2.05) is 19.2 Å². The van der Waals surface area contributed by atoms with Crippen LogP contribution in [0, 0.1) is 12.8 Å². The zero-order valence-electron chi connectivity index (χ0n) is 14.8. The first-order valence-corrected chi connectivity index (χ1v) is 9.25. The van der Waals surface area contributed by atoms with Crippen molar-refractivity contribution in [2.75, 3.05) is 13.1 Å². The zero-order valence-corrected chi connectivity index (χ0v) is 14.8. The molecule has 0 saturated heterocycles. The summed E-state index contributed by atoms with van der Waals surface area (Å²) in [5.41, 5.74) is 1.11. The minimum Gasteiger partial charge on any atom is -0.465 e. The summed E-state index contributed by atoms with van der Waals surface area (Å²) in [6, 6.07) is 4.07. The van der Waals surface area contributed by atoms with Crippen molar-refractivity contribution < 1.29 is 9.21 Å². The highest BCUT2D eigenvalue weighted by atomic mass is 16.3. The number of fused-ring (bicyclic) bond motifs is 1. The van der Waals surface area contributed by atoms with Gasteiger partial charge < -0.3 is 14.3 Å². The van der Waals surface area contributed by atoms with Gasteiger partial charge in [0.25, 0.3) is 0 Å². The van der Waals surface area contributed by atoms with Crippen molar-refractivity contribution in [3.8, 4) is 0 Å². The van der Waals surface area contributed by atoms with Crippen LogP contribution in [-0.2, 0) is 30.8 Å². The highest BCUT2D eigenvalue weighted by Crippen LogP contribution is 2.32. The second kappa shape index (κ2) is 7.04. The van der Waals surface area contributed by atoms with E-state index >= 15 is 0 Å². The van der Waals surface area contributed by atoms with Crippen LogP contribution in [0.2, 0.25) is 0 Å². The number of aromatic nitrogens is 2. The summed E-state index contributed by atoms with van der Waals surface area (Å²) < 4.78 is 7.97. The van der Waals surface area contributed by atoms with Gasteiger partial charge >= 0.3 is 0 Å². The maximum absolute atomic E-state index is 11.9. The second-order valence-electron chi connectivity index (χ2n) is 7.28. The van der Waals surface area contributed by atoms with Crippen LogP contribution in [0.5, 0.6) is 0 Å². The van der Waals surface area contributed by atoms with E-state index in [0.717, 1.165) is 55.6 Å². The van der Waals surface area contributed by atoms with Crippen molar-refractivity contribution in [1.29, 1.82) is 0 Å². The number of amides is 1. The Morgan fingerprint density at radius 1 is 1.32 bits per heavy atom. The number of carbonyl (C=O) groups excluding carboxylic acids is 1. The highest BCUT2D eigenvalue weighted by molar-refractivity contribution is 5.76. The van der Waals surface area contributed by atoms with Crippen LogP contribution >= 0.6 is 0 Å². The smallest absolute Gasteiger partial charge is 0.220 e. The van der Waals surface area contributed by atoms with Crippen LogP contribution in [0.1, 0.15) is 42.3 Å². The van der Waals surface area contributed by atoms with E-state index in [2.05, 4.69) is 25.8 Å². The lowest BCUT2D eigenvalue weighted by Crippen LogP contribution is -2.27.